The molecule has 0 radical (unpaired) electrons. The first-order valence-corrected chi connectivity index (χ1v) is 12.1. The van der Waals surface area contributed by atoms with E-state index in [1.807, 2.05) is 55.5 Å². The molecule has 1 aliphatic heterocycles. The van der Waals surface area contributed by atoms with Gasteiger partial charge in [-0.3, -0.25) is 9.59 Å². The molecule has 0 spiro atoms. The summed E-state index contributed by atoms with van der Waals surface area (Å²) in [5, 5.41) is 2.89. The zero-order valence-corrected chi connectivity index (χ0v) is 19.9. The van der Waals surface area contributed by atoms with Crippen molar-refractivity contribution in [3.8, 4) is 0 Å². The second-order valence-electron chi connectivity index (χ2n) is 8.47. The molecule has 1 aliphatic rings. The van der Waals surface area contributed by atoms with Crippen molar-refractivity contribution in [3.05, 3.63) is 125 Å². The molecule has 0 aliphatic carbocycles. The predicted molar refractivity (Wildman–Crippen MR) is 136 cm³/mol. The first-order valence-electron chi connectivity index (χ1n) is 11.3. The van der Waals surface area contributed by atoms with E-state index in [9.17, 15) is 14.0 Å². The van der Waals surface area contributed by atoms with Crippen molar-refractivity contribution in [1.82, 2.24) is 5.32 Å². The van der Waals surface area contributed by atoms with Gasteiger partial charge in [0.25, 0.3) is 11.8 Å². The van der Waals surface area contributed by atoms with Gasteiger partial charge in [-0.1, -0.05) is 65.9 Å². The Morgan fingerprint density at radius 2 is 1.69 bits per heavy atom. The maximum atomic E-state index is 13.7. The number of hydrogen-bond donors (Lipinski definition) is 1. The van der Waals surface area contributed by atoms with Crippen LogP contribution in [-0.4, -0.2) is 11.8 Å². The van der Waals surface area contributed by atoms with Gasteiger partial charge in [0, 0.05) is 21.9 Å². The molecule has 1 N–H and O–H groups in total. The van der Waals surface area contributed by atoms with Gasteiger partial charge in [0.15, 0.2) is 0 Å². The Labute approximate surface area is 207 Å². The molecular formula is C29H23FN2O2S. The zero-order valence-electron chi connectivity index (χ0n) is 19.1. The number of carbonyl (C=O) groups excluding carboxylic acids is 2. The second-order valence-corrected chi connectivity index (χ2v) is 9.55. The van der Waals surface area contributed by atoms with Gasteiger partial charge in [-0.05, 0) is 60.5 Å². The Hall–Kier alpha value is -3.90. The highest BCUT2D eigenvalue weighted by Gasteiger charge is 2.28. The van der Waals surface area contributed by atoms with E-state index >= 15 is 0 Å². The van der Waals surface area contributed by atoms with Crippen LogP contribution < -0.4 is 10.2 Å². The minimum absolute atomic E-state index is 0.0998. The van der Waals surface area contributed by atoms with Gasteiger partial charge < -0.3 is 10.2 Å². The zero-order chi connectivity index (χ0) is 24.4. The number of anilines is 1. The molecule has 0 bridgehead atoms. The number of amides is 2. The molecule has 174 valence electrons. The average Bonchev–Trinajstić information content (AvgIpc) is 2.98. The highest BCUT2D eigenvalue weighted by atomic mass is 32.2. The summed E-state index contributed by atoms with van der Waals surface area (Å²) in [5.41, 5.74) is 4.74. The first kappa shape index (κ1) is 22.9. The Morgan fingerprint density at radius 3 is 2.49 bits per heavy atom. The number of fused-ring (bicyclic) bond motifs is 2. The van der Waals surface area contributed by atoms with Crippen LogP contribution in [0.4, 0.5) is 10.1 Å². The maximum Gasteiger partial charge on any atom is 0.259 e. The lowest BCUT2D eigenvalue weighted by Crippen LogP contribution is -2.31. The first-order chi connectivity index (χ1) is 17.0. The molecule has 0 unspecified atom stereocenters. The molecule has 0 saturated carbocycles. The van der Waals surface area contributed by atoms with E-state index in [-0.39, 0.29) is 24.2 Å². The molecule has 4 aromatic carbocycles. The molecule has 4 nitrogen and oxygen atoms in total. The van der Waals surface area contributed by atoms with E-state index in [0.29, 0.717) is 23.4 Å². The Morgan fingerprint density at radius 1 is 0.886 bits per heavy atom. The predicted octanol–water partition coefficient (Wildman–Crippen LogP) is 6.38. The Kier molecular flexibility index (Phi) is 6.38. The van der Waals surface area contributed by atoms with Gasteiger partial charge in [0.1, 0.15) is 5.82 Å². The van der Waals surface area contributed by atoms with Crippen molar-refractivity contribution in [2.45, 2.75) is 29.8 Å². The fraction of sp³-hybridized carbons (Fsp3) is 0.103. The molecule has 35 heavy (non-hydrogen) atoms. The molecule has 0 fully saturated rings. The number of aryl methyl sites for hydroxylation is 1. The molecule has 2 amide bonds. The van der Waals surface area contributed by atoms with Gasteiger partial charge in [-0.15, -0.1) is 0 Å². The Bertz CT molecular complexity index is 1420. The van der Waals surface area contributed by atoms with Crippen molar-refractivity contribution < 1.29 is 14.0 Å². The van der Waals surface area contributed by atoms with E-state index in [1.165, 1.54) is 23.9 Å². The smallest absolute Gasteiger partial charge is 0.259 e. The molecule has 5 rings (SSSR count). The fourth-order valence-corrected chi connectivity index (χ4v) is 5.16. The number of nitrogens with zero attached hydrogens (tertiary/aromatic N) is 1. The minimum atomic E-state index is -0.317. The number of hydrogen-bond acceptors (Lipinski definition) is 3. The molecule has 0 aromatic heterocycles. The topological polar surface area (TPSA) is 49.4 Å². The van der Waals surface area contributed by atoms with E-state index < -0.39 is 0 Å². The highest BCUT2D eigenvalue weighted by molar-refractivity contribution is 7.99. The number of benzene rings is 4. The lowest BCUT2D eigenvalue weighted by molar-refractivity contribution is 0.0947. The van der Waals surface area contributed by atoms with Gasteiger partial charge >= 0.3 is 0 Å². The van der Waals surface area contributed by atoms with E-state index in [2.05, 4.69) is 11.4 Å². The summed E-state index contributed by atoms with van der Waals surface area (Å²) < 4.78 is 13.2. The molecular weight excluding hydrogens is 459 g/mol. The van der Waals surface area contributed by atoms with Crippen LogP contribution in [0.2, 0.25) is 0 Å². The van der Waals surface area contributed by atoms with Crippen molar-refractivity contribution in [3.63, 3.8) is 0 Å². The monoisotopic (exact) mass is 482 g/mol. The average molecular weight is 483 g/mol. The number of halogens is 1. The van der Waals surface area contributed by atoms with Crippen LogP contribution in [0.25, 0.3) is 0 Å². The highest BCUT2D eigenvalue weighted by Crippen LogP contribution is 2.42. The number of nitrogens with one attached hydrogen (secondary N) is 1. The SMILES string of the molecule is Cc1cccc(CN2C(=O)c3ccccc3Sc3ccc(C(=O)NCc4ccc(F)cc4)cc32)c1. The largest absolute Gasteiger partial charge is 0.348 e. The van der Waals surface area contributed by atoms with E-state index in [1.54, 1.807) is 29.2 Å². The lowest BCUT2D eigenvalue weighted by Gasteiger charge is -2.24. The normalized spacial score (nSPS) is 12.5. The molecule has 0 saturated heterocycles. The number of carbonyl (C=O) groups is 2. The third kappa shape index (κ3) is 4.98. The summed E-state index contributed by atoms with van der Waals surface area (Å²) in [4.78, 5) is 30.2. The number of rotatable bonds is 5. The minimum Gasteiger partial charge on any atom is -0.348 e. The van der Waals surface area contributed by atoms with Crippen LogP contribution in [0.1, 0.15) is 37.4 Å². The molecule has 4 aromatic rings. The van der Waals surface area contributed by atoms with Gasteiger partial charge in [0.05, 0.1) is 17.8 Å². The molecule has 0 atom stereocenters. The quantitative estimate of drug-likeness (QED) is 0.359. The summed E-state index contributed by atoms with van der Waals surface area (Å²) in [6.07, 6.45) is 0. The van der Waals surface area contributed by atoms with Crippen LogP contribution in [0, 0.1) is 12.7 Å². The third-order valence-electron chi connectivity index (χ3n) is 5.88. The standard InChI is InChI=1S/C29H23FN2O2S/c1-19-5-4-6-21(15-19)18-32-25-16-22(28(33)31-17-20-9-12-23(30)13-10-20)11-14-27(25)35-26-8-3-2-7-24(26)29(32)34/h2-16H,17-18H2,1H3,(H,31,33). The van der Waals surface area contributed by atoms with E-state index in [0.717, 1.165) is 26.5 Å². The van der Waals surface area contributed by atoms with Crippen LogP contribution in [0.15, 0.2) is 101 Å². The van der Waals surface area contributed by atoms with E-state index in [4.69, 9.17) is 0 Å². The molecule has 6 heteroatoms. The molecule has 1 heterocycles. The summed E-state index contributed by atoms with van der Waals surface area (Å²) >= 11 is 1.53. The van der Waals surface area contributed by atoms with Crippen molar-refractivity contribution in [2.75, 3.05) is 4.90 Å². The summed E-state index contributed by atoms with van der Waals surface area (Å²) in [7, 11) is 0. The summed E-state index contributed by atoms with van der Waals surface area (Å²) in [6, 6.07) is 27.1. The summed E-state index contributed by atoms with van der Waals surface area (Å²) in [6.45, 7) is 2.70. The van der Waals surface area contributed by atoms with Gasteiger partial charge in [0.2, 0.25) is 0 Å². The van der Waals surface area contributed by atoms with Crippen LogP contribution in [-0.2, 0) is 13.1 Å². The van der Waals surface area contributed by atoms with Crippen LogP contribution in [0.3, 0.4) is 0 Å². The summed E-state index contributed by atoms with van der Waals surface area (Å²) in [5.74, 6) is -0.674. The third-order valence-corrected chi connectivity index (χ3v) is 7.03. The van der Waals surface area contributed by atoms with Crippen molar-refractivity contribution in [1.29, 1.82) is 0 Å². The van der Waals surface area contributed by atoms with Gasteiger partial charge in [-0.2, -0.15) is 0 Å². The van der Waals surface area contributed by atoms with Crippen molar-refractivity contribution in [2.24, 2.45) is 0 Å². The van der Waals surface area contributed by atoms with Crippen LogP contribution >= 0.6 is 11.8 Å². The second kappa shape index (κ2) is 9.76. The lowest BCUT2D eigenvalue weighted by atomic mass is 10.1. The van der Waals surface area contributed by atoms with Gasteiger partial charge in [-0.25, -0.2) is 4.39 Å². The van der Waals surface area contributed by atoms with Crippen molar-refractivity contribution >= 4 is 29.3 Å². The Balaban J connectivity index is 1.48. The fourth-order valence-electron chi connectivity index (χ4n) is 4.10. The van der Waals surface area contributed by atoms with Crippen LogP contribution in [0.5, 0.6) is 0 Å². The maximum absolute atomic E-state index is 13.7.